The van der Waals surface area contributed by atoms with Crippen LogP contribution < -0.4 is 14.8 Å². The van der Waals surface area contributed by atoms with Crippen molar-refractivity contribution in [1.29, 1.82) is 0 Å². The lowest BCUT2D eigenvalue weighted by molar-refractivity contribution is -0.128. The van der Waals surface area contributed by atoms with E-state index in [2.05, 4.69) is 11.4 Å². The molecular formula is C36H41Cl3N2O5. The van der Waals surface area contributed by atoms with Crippen LogP contribution in [0, 0.1) is 6.92 Å². The molecule has 2 aliphatic rings. The highest BCUT2D eigenvalue weighted by Gasteiger charge is 2.38. The van der Waals surface area contributed by atoms with Crippen molar-refractivity contribution in [3.8, 4) is 11.5 Å². The van der Waals surface area contributed by atoms with Gasteiger partial charge in [0.2, 0.25) is 0 Å². The van der Waals surface area contributed by atoms with Crippen LogP contribution in [0.15, 0.2) is 60.2 Å². The lowest BCUT2D eigenvalue weighted by atomic mass is 9.88. The Bertz CT molecular complexity index is 1520. The van der Waals surface area contributed by atoms with E-state index in [1.807, 2.05) is 48.2 Å². The Morgan fingerprint density at radius 2 is 1.67 bits per heavy atom. The number of halogens is 3. The summed E-state index contributed by atoms with van der Waals surface area (Å²) in [5.41, 5.74) is 5.54. The topological polar surface area (TPSA) is 80.3 Å². The number of carbonyl (C=O) groups is 1. The number of methoxy groups -OCH3 is 1. The quantitative estimate of drug-likeness (QED) is 0.164. The Kier molecular flexibility index (Phi) is 12.3. The fourth-order valence-electron chi connectivity index (χ4n) is 5.85. The van der Waals surface area contributed by atoms with Gasteiger partial charge in [0.15, 0.2) is 5.75 Å². The number of ether oxygens (including phenoxy) is 3. The van der Waals surface area contributed by atoms with E-state index in [9.17, 15) is 9.90 Å². The van der Waals surface area contributed by atoms with Gasteiger partial charge in [0.1, 0.15) is 19.0 Å². The highest BCUT2D eigenvalue weighted by Crippen LogP contribution is 2.36. The van der Waals surface area contributed by atoms with E-state index in [1.165, 1.54) is 5.56 Å². The molecule has 0 radical (unpaired) electrons. The average molecular weight is 688 g/mol. The van der Waals surface area contributed by atoms with Crippen LogP contribution in [-0.2, 0) is 22.5 Å². The second kappa shape index (κ2) is 16.4. The van der Waals surface area contributed by atoms with Crippen molar-refractivity contribution in [3.05, 3.63) is 97.5 Å². The van der Waals surface area contributed by atoms with Gasteiger partial charge in [-0.15, -0.1) is 0 Å². The zero-order valence-corrected chi connectivity index (χ0v) is 28.6. The summed E-state index contributed by atoms with van der Waals surface area (Å²) in [6.45, 7) is 4.10. The highest BCUT2D eigenvalue weighted by molar-refractivity contribution is 6.37. The summed E-state index contributed by atoms with van der Waals surface area (Å²) in [5, 5.41) is 15.3. The van der Waals surface area contributed by atoms with Crippen molar-refractivity contribution in [2.75, 3.05) is 40.1 Å². The van der Waals surface area contributed by atoms with Gasteiger partial charge in [-0.05, 0) is 104 Å². The molecule has 5 rings (SSSR count). The normalized spacial score (nSPS) is 16.4. The first-order valence-electron chi connectivity index (χ1n) is 15.7. The third-order valence-electron chi connectivity index (χ3n) is 8.31. The number of rotatable bonds is 15. The predicted octanol–water partition coefficient (Wildman–Crippen LogP) is 7.29. The minimum atomic E-state index is -0.457. The smallest absolute Gasteiger partial charge is 0.252 e. The van der Waals surface area contributed by atoms with Crippen molar-refractivity contribution in [2.24, 2.45) is 0 Å². The maximum Gasteiger partial charge on any atom is 0.252 e. The molecule has 246 valence electrons. The van der Waals surface area contributed by atoms with Crippen LogP contribution in [0.1, 0.15) is 47.9 Å². The van der Waals surface area contributed by atoms with Gasteiger partial charge in [-0.2, -0.15) is 0 Å². The van der Waals surface area contributed by atoms with Crippen LogP contribution in [0.4, 0.5) is 0 Å². The molecule has 10 heteroatoms. The van der Waals surface area contributed by atoms with Crippen molar-refractivity contribution in [1.82, 2.24) is 10.2 Å². The fraction of sp³-hybridized carbons (Fsp3) is 0.417. The third-order valence-corrected chi connectivity index (χ3v) is 9.24. The van der Waals surface area contributed by atoms with E-state index in [4.69, 9.17) is 49.0 Å². The van der Waals surface area contributed by atoms with Crippen molar-refractivity contribution in [2.45, 2.75) is 57.7 Å². The molecule has 0 saturated heterocycles. The number of hydrogen-bond donors (Lipinski definition) is 2. The molecule has 7 nitrogen and oxygen atoms in total. The minimum absolute atomic E-state index is 0.0597. The third kappa shape index (κ3) is 8.77. The van der Waals surface area contributed by atoms with Crippen molar-refractivity contribution >= 4 is 46.3 Å². The first-order chi connectivity index (χ1) is 22.3. The van der Waals surface area contributed by atoms with Crippen LogP contribution in [0.2, 0.25) is 15.1 Å². The number of aliphatic hydroxyl groups is 1. The monoisotopic (exact) mass is 686 g/mol. The van der Waals surface area contributed by atoms with Gasteiger partial charge in [0.05, 0.1) is 22.7 Å². The average Bonchev–Trinajstić information content (AvgIpc) is 3.89. The van der Waals surface area contributed by atoms with Crippen LogP contribution >= 0.6 is 34.8 Å². The Hall–Kier alpha value is -2.78. The molecular weight excluding hydrogens is 647 g/mol. The van der Waals surface area contributed by atoms with Crippen molar-refractivity contribution < 1.29 is 24.1 Å². The van der Waals surface area contributed by atoms with E-state index in [1.54, 1.807) is 19.2 Å². The molecule has 1 unspecified atom stereocenters. The standard InChI is InChI=1S/C36H41Cl3N2O5/c1-23-18-31(38)35(32(39)19-23)46-17-16-45-28-10-6-25(7-11-28)29-13-14-40-33(22-42)34(29)36(43)41(27-8-9-27)21-26-20-24(4-3-15-44-2)5-12-30(26)37/h5-7,10-12,18-20,27,33,40,42H,3-4,8-9,13-17,21-22H2,1-2H3. The van der Waals surface area contributed by atoms with Gasteiger partial charge >= 0.3 is 0 Å². The van der Waals surface area contributed by atoms with Gasteiger partial charge in [0, 0.05) is 36.9 Å². The van der Waals surface area contributed by atoms with E-state index in [0.29, 0.717) is 64.9 Å². The lowest BCUT2D eigenvalue weighted by Gasteiger charge is -2.33. The van der Waals surface area contributed by atoms with Gasteiger partial charge in [-0.25, -0.2) is 0 Å². The summed E-state index contributed by atoms with van der Waals surface area (Å²) < 4.78 is 16.9. The van der Waals surface area contributed by atoms with Gasteiger partial charge in [-0.3, -0.25) is 4.79 Å². The number of hydrogen-bond acceptors (Lipinski definition) is 6. The molecule has 1 amide bonds. The Balaban J connectivity index is 1.31. The molecule has 3 aromatic carbocycles. The minimum Gasteiger partial charge on any atom is -0.490 e. The van der Waals surface area contributed by atoms with Gasteiger partial charge in [-0.1, -0.05) is 59.1 Å². The predicted molar refractivity (Wildman–Crippen MR) is 184 cm³/mol. The maximum absolute atomic E-state index is 14.4. The molecule has 3 aromatic rings. The first-order valence-corrected chi connectivity index (χ1v) is 16.9. The Labute approximate surface area is 286 Å². The molecule has 0 aromatic heterocycles. The van der Waals surface area contributed by atoms with Crippen LogP contribution in [0.25, 0.3) is 5.57 Å². The number of carbonyl (C=O) groups excluding carboxylic acids is 1. The lowest BCUT2D eigenvalue weighted by Crippen LogP contribution is -2.46. The second-order valence-electron chi connectivity index (χ2n) is 11.8. The van der Waals surface area contributed by atoms with Crippen molar-refractivity contribution in [3.63, 3.8) is 0 Å². The van der Waals surface area contributed by atoms with Gasteiger partial charge in [0.25, 0.3) is 5.91 Å². The largest absolute Gasteiger partial charge is 0.490 e. The summed E-state index contributed by atoms with van der Waals surface area (Å²) in [7, 11) is 1.70. The van der Waals surface area contributed by atoms with Crippen LogP contribution in [0.3, 0.4) is 0 Å². The molecule has 1 saturated carbocycles. The van der Waals surface area contributed by atoms with Crippen LogP contribution in [0.5, 0.6) is 11.5 Å². The summed E-state index contributed by atoms with van der Waals surface area (Å²) >= 11 is 19.2. The number of amides is 1. The number of nitrogens with one attached hydrogen (secondary N) is 1. The SMILES string of the molecule is COCCCc1ccc(Cl)c(CN(C(=O)C2=C(c3ccc(OCCOc4c(Cl)cc(C)cc4Cl)cc3)CCNC2CO)C2CC2)c1. The molecule has 1 atom stereocenters. The fourth-order valence-corrected chi connectivity index (χ4v) is 6.73. The summed E-state index contributed by atoms with van der Waals surface area (Å²) in [6.07, 6.45) is 4.36. The molecule has 1 fully saturated rings. The van der Waals surface area contributed by atoms with E-state index < -0.39 is 6.04 Å². The number of aliphatic hydroxyl groups excluding tert-OH is 1. The highest BCUT2D eigenvalue weighted by atomic mass is 35.5. The number of aryl methyl sites for hydroxylation is 2. The maximum atomic E-state index is 14.4. The summed E-state index contributed by atoms with van der Waals surface area (Å²) in [5.74, 6) is 1.06. The molecule has 1 aliphatic carbocycles. The molecule has 0 bridgehead atoms. The molecule has 0 spiro atoms. The molecule has 2 N–H and O–H groups in total. The second-order valence-corrected chi connectivity index (χ2v) is 13.0. The van der Waals surface area contributed by atoms with Gasteiger partial charge < -0.3 is 29.5 Å². The zero-order valence-electron chi connectivity index (χ0n) is 26.3. The number of benzene rings is 3. The number of nitrogens with zero attached hydrogens (tertiary/aromatic N) is 1. The Morgan fingerprint density at radius 1 is 0.957 bits per heavy atom. The molecule has 1 aliphatic heterocycles. The van der Waals surface area contributed by atoms with E-state index >= 15 is 0 Å². The molecule has 1 heterocycles. The van der Waals surface area contributed by atoms with E-state index in [0.717, 1.165) is 47.9 Å². The summed E-state index contributed by atoms with van der Waals surface area (Å²) in [4.78, 5) is 16.3. The summed E-state index contributed by atoms with van der Waals surface area (Å²) in [6, 6.07) is 17.1. The zero-order chi connectivity index (χ0) is 32.6. The van der Waals surface area contributed by atoms with Crippen LogP contribution in [-0.4, -0.2) is 68.1 Å². The molecule has 46 heavy (non-hydrogen) atoms. The Morgan fingerprint density at radius 3 is 2.35 bits per heavy atom. The first kappa shape index (κ1) is 34.6. The van der Waals surface area contributed by atoms with E-state index in [-0.39, 0.29) is 25.2 Å².